The van der Waals surface area contributed by atoms with Gasteiger partial charge in [-0.25, -0.2) is 27.0 Å². The Hall–Kier alpha value is -3.28. The number of amides is 1. The van der Waals surface area contributed by atoms with Crippen molar-refractivity contribution in [2.24, 2.45) is 0 Å². The van der Waals surface area contributed by atoms with E-state index in [2.05, 4.69) is 9.97 Å². The number of nitrogen functional groups attached to an aromatic ring is 1. The third kappa shape index (κ3) is 3.65. The van der Waals surface area contributed by atoms with Crippen LogP contribution in [0.3, 0.4) is 0 Å². The topological polar surface area (TPSA) is 133 Å². The summed E-state index contributed by atoms with van der Waals surface area (Å²) in [5, 5.41) is -0.531. The second kappa shape index (κ2) is 7.86. The van der Waals surface area contributed by atoms with Crippen LogP contribution < -0.4 is 11.4 Å². The predicted molar refractivity (Wildman–Crippen MR) is 109 cm³/mol. The fraction of sp³-hybridized carbons (Fsp3) is 0.333. The van der Waals surface area contributed by atoms with Gasteiger partial charge in [-0.2, -0.15) is 9.97 Å². The number of sulfone groups is 1. The van der Waals surface area contributed by atoms with Crippen LogP contribution in [-0.4, -0.2) is 57.8 Å². The number of nitrogens with two attached hydrogens (primary N) is 1. The van der Waals surface area contributed by atoms with Gasteiger partial charge in [0.2, 0.25) is 9.84 Å². The van der Waals surface area contributed by atoms with Gasteiger partial charge in [0, 0.05) is 13.6 Å². The Kier molecular flexibility index (Phi) is 5.61. The standard InChI is InChI=1S/C18H21FN6O4S/c1-4-23(3)17(26)25-13-14(20)21-16(30(28,29)5-2)22-15(13)24(18(25)27)10-11-6-8-12(19)9-7-11/h6-9H,4-5,10H2,1-3H3,(H2,20,21,22). The number of rotatable bonds is 5. The lowest BCUT2D eigenvalue weighted by molar-refractivity contribution is 0.212. The number of hydrogen-bond donors (Lipinski definition) is 1. The number of benzene rings is 1. The quantitative estimate of drug-likeness (QED) is 0.592. The van der Waals surface area contributed by atoms with Gasteiger partial charge < -0.3 is 10.6 Å². The highest BCUT2D eigenvalue weighted by atomic mass is 32.2. The molecule has 3 rings (SSSR count). The molecule has 2 heterocycles. The summed E-state index contributed by atoms with van der Waals surface area (Å²) in [6.07, 6.45) is 0. The molecule has 0 unspecified atom stereocenters. The highest BCUT2D eigenvalue weighted by Crippen LogP contribution is 2.21. The minimum atomic E-state index is -3.82. The Balaban J connectivity index is 2.34. The summed E-state index contributed by atoms with van der Waals surface area (Å²) in [4.78, 5) is 35.1. The third-order valence-electron chi connectivity index (χ3n) is 4.68. The smallest absolute Gasteiger partial charge is 0.339 e. The summed E-state index contributed by atoms with van der Waals surface area (Å²) in [6.45, 7) is 3.40. The van der Waals surface area contributed by atoms with Crippen molar-refractivity contribution in [1.82, 2.24) is 24.0 Å². The monoisotopic (exact) mass is 436 g/mol. The molecule has 3 aromatic rings. The molecule has 0 spiro atoms. The summed E-state index contributed by atoms with van der Waals surface area (Å²) in [5.41, 5.74) is 5.59. The van der Waals surface area contributed by atoms with Gasteiger partial charge in [0.25, 0.3) is 5.16 Å². The zero-order chi connectivity index (χ0) is 22.2. The molecule has 10 nitrogen and oxygen atoms in total. The first-order valence-electron chi connectivity index (χ1n) is 9.12. The molecule has 2 aromatic heterocycles. The summed E-state index contributed by atoms with van der Waals surface area (Å²) < 4.78 is 39.8. The molecule has 30 heavy (non-hydrogen) atoms. The number of carbonyl (C=O) groups excluding carboxylic acids is 1. The lowest BCUT2D eigenvalue weighted by Gasteiger charge is -2.14. The van der Waals surface area contributed by atoms with E-state index in [1.807, 2.05) is 0 Å². The summed E-state index contributed by atoms with van der Waals surface area (Å²) in [7, 11) is -2.32. The highest BCUT2D eigenvalue weighted by Gasteiger charge is 2.27. The number of nitrogens with zero attached hydrogens (tertiary/aromatic N) is 5. The van der Waals surface area contributed by atoms with Gasteiger partial charge in [-0.1, -0.05) is 19.1 Å². The Morgan fingerprint density at radius 3 is 2.40 bits per heavy atom. The van der Waals surface area contributed by atoms with Gasteiger partial charge in [-0.3, -0.25) is 4.57 Å². The van der Waals surface area contributed by atoms with Crippen molar-refractivity contribution >= 4 is 32.9 Å². The maximum atomic E-state index is 13.2. The van der Waals surface area contributed by atoms with Crippen LogP contribution in [0.4, 0.5) is 15.0 Å². The lowest BCUT2D eigenvalue weighted by Crippen LogP contribution is -2.38. The average Bonchev–Trinajstić information content (AvgIpc) is 3.00. The normalized spacial score (nSPS) is 11.7. The first-order valence-corrected chi connectivity index (χ1v) is 10.8. The molecule has 0 bridgehead atoms. The van der Waals surface area contributed by atoms with E-state index in [4.69, 9.17) is 5.73 Å². The van der Waals surface area contributed by atoms with Crippen molar-refractivity contribution in [1.29, 1.82) is 0 Å². The second-order valence-electron chi connectivity index (χ2n) is 6.59. The van der Waals surface area contributed by atoms with Crippen molar-refractivity contribution in [3.63, 3.8) is 0 Å². The molecule has 160 valence electrons. The molecule has 2 N–H and O–H groups in total. The molecular weight excluding hydrogens is 415 g/mol. The highest BCUT2D eigenvalue weighted by molar-refractivity contribution is 7.91. The maximum Gasteiger partial charge on any atom is 0.339 e. The molecule has 12 heteroatoms. The van der Waals surface area contributed by atoms with Gasteiger partial charge in [0.05, 0.1) is 12.3 Å². The van der Waals surface area contributed by atoms with E-state index < -0.39 is 32.5 Å². The minimum Gasteiger partial charge on any atom is -0.382 e. The van der Waals surface area contributed by atoms with Crippen LogP contribution in [0.5, 0.6) is 0 Å². The first kappa shape index (κ1) is 21.4. The van der Waals surface area contributed by atoms with E-state index in [0.29, 0.717) is 12.1 Å². The fourth-order valence-electron chi connectivity index (χ4n) is 2.82. The lowest BCUT2D eigenvalue weighted by atomic mass is 10.2. The van der Waals surface area contributed by atoms with E-state index in [9.17, 15) is 22.4 Å². The zero-order valence-electron chi connectivity index (χ0n) is 16.7. The Labute approximate surface area is 171 Å². The largest absolute Gasteiger partial charge is 0.382 e. The van der Waals surface area contributed by atoms with Crippen LogP contribution >= 0.6 is 0 Å². The van der Waals surface area contributed by atoms with Gasteiger partial charge in [0.15, 0.2) is 11.5 Å². The molecule has 0 aliphatic heterocycles. The first-order chi connectivity index (χ1) is 14.1. The van der Waals surface area contributed by atoms with Crippen LogP contribution in [0.25, 0.3) is 11.2 Å². The molecule has 1 amide bonds. The second-order valence-corrected chi connectivity index (χ2v) is 8.77. The third-order valence-corrected chi connectivity index (χ3v) is 6.18. The number of fused-ring (bicyclic) bond motifs is 1. The zero-order valence-corrected chi connectivity index (χ0v) is 17.5. The molecule has 0 aliphatic carbocycles. The number of imidazole rings is 1. The number of carbonyl (C=O) groups is 1. The number of hydrogen-bond acceptors (Lipinski definition) is 7. The summed E-state index contributed by atoms with van der Waals surface area (Å²) >= 11 is 0. The molecule has 0 fully saturated rings. The predicted octanol–water partition coefficient (Wildman–Crippen LogP) is 1.08. The SMILES string of the molecule is CCN(C)C(=O)n1c(=O)n(Cc2ccc(F)cc2)c2nc(S(=O)(=O)CC)nc(N)c21. The van der Waals surface area contributed by atoms with Crippen LogP contribution in [0.15, 0.2) is 34.2 Å². The van der Waals surface area contributed by atoms with Crippen molar-refractivity contribution < 1.29 is 17.6 Å². The molecule has 0 saturated carbocycles. The van der Waals surface area contributed by atoms with Crippen molar-refractivity contribution in [2.75, 3.05) is 25.1 Å². The number of anilines is 1. The Morgan fingerprint density at radius 1 is 1.20 bits per heavy atom. The van der Waals surface area contributed by atoms with Gasteiger partial charge >= 0.3 is 11.7 Å². The Bertz CT molecular complexity index is 1280. The van der Waals surface area contributed by atoms with Gasteiger partial charge in [0.1, 0.15) is 11.3 Å². The van der Waals surface area contributed by atoms with Gasteiger partial charge in [-0.15, -0.1) is 0 Å². The van der Waals surface area contributed by atoms with E-state index in [1.165, 1.54) is 43.1 Å². The maximum absolute atomic E-state index is 13.2. The number of aromatic nitrogens is 4. The molecule has 0 atom stereocenters. The summed E-state index contributed by atoms with van der Waals surface area (Å²) in [5.74, 6) is -1.02. The fourth-order valence-corrected chi connectivity index (χ4v) is 3.54. The Morgan fingerprint density at radius 2 is 1.83 bits per heavy atom. The molecule has 0 saturated heterocycles. The van der Waals surface area contributed by atoms with Crippen molar-refractivity contribution in [2.45, 2.75) is 25.5 Å². The average molecular weight is 436 g/mol. The molecule has 0 aliphatic rings. The van der Waals surface area contributed by atoms with Crippen molar-refractivity contribution in [3.05, 3.63) is 46.1 Å². The molecule has 0 radical (unpaired) electrons. The van der Waals surface area contributed by atoms with E-state index in [0.717, 1.165) is 9.13 Å². The van der Waals surface area contributed by atoms with E-state index in [1.54, 1.807) is 6.92 Å². The van der Waals surface area contributed by atoms with Crippen LogP contribution in [0.2, 0.25) is 0 Å². The van der Waals surface area contributed by atoms with Crippen LogP contribution in [-0.2, 0) is 16.4 Å². The van der Waals surface area contributed by atoms with E-state index >= 15 is 0 Å². The minimum absolute atomic E-state index is 0.0756. The van der Waals surface area contributed by atoms with Crippen LogP contribution in [0.1, 0.15) is 19.4 Å². The molecule has 1 aromatic carbocycles. The van der Waals surface area contributed by atoms with Crippen molar-refractivity contribution in [3.8, 4) is 0 Å². The van der Waals surface area contributed by atoms with Crippen LogP contribution in [0, 0.1) is 5.82 Å². The summed E-state index contributed by atoms with van der Waals surface area (Å²) in [6, 6.07) is 4.74. The van der Waals surface area contributed by atoms with E-state index in [-0.39, 0.29) is 29.3 Å². The number of halogens is 1. The van der Waals surface area contributed by atoms with Gasteiger partial charge in [-0.05, 0) is 24.6 Å². The molecular formula is C18H21FN6O4S.